The number of imidazole rings is 1. The summed E-state index contributed by atoms with van der Waals surface area (Å²) in [5.41, 5.74) is 3.12. The number of aromatic nitrogens is 3. The maximum atomic E-state index is 5.94. The zero-order valence-corrected chi connectivity index (χ0v) is 18.6. The van der Waals surface area contributed by atoms with Gasteiger partial charge in [-0.1, -0.05) is 24.3 Å². The van der Waals surface area contributed by atoms with Crippen LogP contribution in [0.2, 0.25) is 0 Å². The van der Waals surface area contributed by atoms with Crippen LogP contribution in [-0.4, -0.2) is 27.5 Å². The molecule has 2 N–H and O–H groups in total. The average Bonchev–Trinajstić information content (AvgIpc) is 3.38. The molecule has 0 spiro atoms. The van der Waals surface area contributed by atoms with Crippen LogP contribution in [0.1, 0.15) is 16.9 Å². The Labute approximate surface area is 186 Å². The number of furan rings is 1. The van der Waals surface area contributed by atoms with Gasteiger partial charge < -0.3 is 15.1 Å². The molecule has 0 aliphatic carbocycles. The van der Waals surface area contributed by atoms with Crippen LogP contribution >= 0.6 is 24.0 Å². The Morgan fingerprint density at radius 3 is 2.66 bits per heavy atom. The van der Waals surface area contributed by atoms with E-state index < -0.39 is 0 Å². The quantitative estimate of drug-likeness (QED) is 0.247. The van der Waals surface area contributed by atoms with Gasteiger partial charge in [0.15, 0.2) is 5.96 Å². The molecule has 3 aromatic heterocycles. The van der Waals surface area contributed by atoms with Crippen LogP contribution in [0, 0.1) is 6.92 Å². The van der Waals surface area contributed by atoms with E-state index in [1.54, 1.807) is 19.6 Å². The number of para-hydroxylation sites is 1. The third-order valence-electron chi connectivity index (χ3n) is 4.62. The first-order valence-corrected chi connectivity index (χ1v) is 9.09. The minimum atomic E-state index is 0. The molecule has 0 aliphatic heterocycles. The van der Waals surface area contributed by atoms with Gasteiger partial charge in [0.25, 0.3) is 0 Å². The van der Waals surface area contributed by atoms with Gasteiger partial charge in [-0.3, -0.25) is 9.56 Å². The van der Waals surface area contributed by atoms with Crippen molar-refractivity contribution in [3.8, 4) is 5.82 Å². The lowest BCUT2D eigenvalue weighted by Crippen LogP contribution is -2.36. The van der Waals surface area contributed by atoms with E-state index in [9.17, 15) is 0 Å². The first kappa shape index (κ1) is 20.8. The number of benzene rings is 1. The van der Waals surface area contributed by atoms with E-state index in [-0.39, 0.29) is 24.0 Å². The van der Waals surface area contributed by atoms with Crippen molar-refractivity contribution < 1.29 is 4.42 Å². The molecule has 29 heavy (non-hydrogen) atoms. The van der Waals surface area contributed by atoms with Crippen molar-refractivity contribution in [2.75, 3.05) is 7.05 Å². The Hall–Kier alpha value is -2.88. The number of aryl methyl sites for hydroxylation is 1. The monoisotopic (exact) mass is 502 g/mol. The van der Waals surface area contributed by atoms with Gasteiger partial charge in [0.2, 0.25) is 0 Å². The summed E-state index contributed by atoms with van der Waals surface area (Å²) in [6.45, 7) is 3.26. The highest BCUT2D eigenvalue weighted by atomic mass is 127. The number of guanidine groups is 1. The third-order valence-corrected chi connectivity index (χ3v) is 4.62. The molecule has 0 unspecified atom stereocenters. The highest BCUT2D eigenvalue weighted by Gasteiger charge is 2.10. The number of fused-ring (bicyclic) bond motifs is 1. The average molecular weight is 502 g/mol. The molecule has 0 radical (unpaired) electrons. The van der Waals surface area contributed by atoms with E-state index in [1.807, 2.05) is 47.3 Å². The first-order valence-electron chi connectivity index (χ1n) is 9.09. The van der Waals surface area contributed by atoms with Crippen molar-refractivity contribution >= 4 is 40.9 Å². The predicted octanol–water partition coefficient (Wildman–Crippen LogP) is 3.81. The number of nitrogens with zero attached hydrogens (tertiary/aromatic N) is 4. The van der Waals surface area contributed by atoms with Crippen molar-refractivity contribution in [2.24, 2.45) is 4.99 Å². The van der Waals surface area contributed by atoms with Gasteiger partial charge in [-0.05, 0) is 24.6 Å². The summed E-state index contributed by atoms with van der Waals surface area (Å²) >= 11 is 0. The van der Waals surface area contributed by atoms with E-state index >= 15 is 0 Å². The highest BCUT2D eigenvalue weighted by molar-refractivity contribution is 14.0. The molecular formula is C21H23IN6O. The fourth-order valence-corrected chi connectivity index (χ4v) is 3.03. The fourth-order valence-electron chi connectivity index (χ4n) is 3.03. The molecule has 0 atom stereocenters. The molecule has 0 fully saturated rings. The van der Waals surface area contributed by atoms with Crippen LogP contribution < -0.4 is 10.6 Å². The van der Waals surface area contributed by atoms with E-state index in [0.717, 1.165) is 33.7 Å². The Bertz CT molecular complexity index is 1090. The fraction of sp³-hybridized carbons (Fsp3) is 0.190. The van der Waals surface area contributed by atoms with Crippen LogP contribution in [0.5, 0.6) is 0 Å². The Morgan fingerprint density at radius 2 is 1.97 bits per heavy atom. The molecule has 0 saturated carbocycles. The van der Waals surface area contributed by atoms with Gasteiger partial charge >= 0.3 is 0 Å². The van der Waals surface area contributed by atoms with Crippen LogP contribution in [0.3, 0.4) is 0 Å². The molecule has 3 heterocycles. The van der Waals surface area contributed by atoms with Crippen LogP contribution in [0.4, 0.5) is 0 Å². The number of nitrogens with one attached hydrogen (secondary N) is 2. The largest absolute Gasteiger partial charge is 0.459 e. The second-order valence-electron chi connectivity index (χ2n) is 6.42. The lowest BCUT2D eigenvalue weighted by Gasteiger charge is -2.11. The smallest absolute Gasteiger partial charge is 0.191 e. The van der Waals surface area contributed by atoms with Gasteiger partial charge in [0.05, 0.1) is 6.54 Å². The number of rotatable bonds is 5. The summed E-state index contributed by atoms with van der Waals surface area (Å²) < 4.78 is 7.81. The minimum absolute atomic E-state index is 0. The zero-order valence-electron chi connectivity index (χ0n) is 16.3. The lowest BCUT2D eigenvalue weighted by molar-refractivity contribution is 0.534. The number of hydrogen-bond donors (Lipinski definition) is 2. The zero-order chi connectivity index (χ0) is 19.3. The van der Waals surface area contributed by atoms with E-state index in [4.69, 9.17) is 4.42 Å². The van der Waals surface area contributed by atoms with Gasteiger partial charge in [0.1, 0.15) is 23.5 Å². The summed E-state index contributed by atoms with van der Waals surface area (Å²) in [5, 5.41) is 7.75. The van der Waals surface area contributed by atoms with Crippen LogP contribution in [0.25, 0.3) is 16.8 Å². The second-order valence-corrected chi connectivity index (χ2v) is 6.42. The molecule has 0 saturated heterocycles. The maximum absolute atomic E-state index is 5.94. The molecule has 8 heteroatoms. The summed E-state index contributed by atoms with van der Waals surface area (Å²) in [7, 11) is 1.75. The standard InChI is InChI=1S/C21H22N6O.HI/c1-15-17-5-3-4-6-18(17)28-19(15)13-26-21(22-2)25-12-16-7-8-20(24-11-16)27-10-9-23-14-27;/h3-11,14H,12-13H2,1-2H3,(H2,22,25,26);1H. The molecule has 4 aromatic rings. The van der Waals surface area contributed by atoms with Crippen LogP contribution in [-0.2, 0) is 13.1 Å². The first-order chi connectivity index (χ1) is 13.7. The molecule has 7 nitrogen and oxygen atoms in total. The number of hydrogen-bond acceptors (Lipinski definition) is 4. The van der Waals surface area contributed by atoms with Crippen molar-refractivity contribution in [3.63, 3.8) is 0 Å². The van der Waals surface area contributed by atoms with Gasteiger partial charge in [-0.2, -0.15) is 0 Å². The predicted molar refractivity (Wildman–Crippen MR) is 125 cm³/mol. The summed E-state index contributed by atoms with van der Waals surface area (Å²) in [6, 6.07) is 12.1. The molecule has 4 rings (SSSR count). The second kappa shape index (κ2) is 9.55. The number of aliphatic imine (C=N–C) groups is 1. The van der Waals surface area contributed by atoms with Crippen molar-refractivity contribution in [1.29, 1.82) is 0 Å². The lowest BCUT2D eigenvalue weighted by atomic mass is 10.1. The Kier molecular flexibility index (Phi) is 6.86. The minimum Gasteiger partial charge on any atom is -0.459 e. The molecule has 150 valence electrons. The molecule has 0 bridgehead atoms. The van der Waals surface area contributed by atoms with Crippen molar-refractivity contribution in [1.82, 2.24) is 25.2 Å². The van der Waals surface area contributed by atoms with Gasteiger partial charge in [0, 0.05) is 43.1 Å². The van der Waals surface area contributed by atoms with E-state index in [1.165, 1.54) is 0 Å². The third kappa shape index (κ3) is 4.76. The summed E-state index contributed by atoms with van der Waals surface area (Å²) in [5.74, 6) is 2.46. The van der Waals surface area contributed by atoms with Crippen LogP contribution in [0.15, 0.2) is 70.7 Å². The molecule has 1 aromatic carbocycles. The van der Waals surface area contributed by atoms with Gasteiger partial charge in [-0.25, -0.2) is 9.97 Å². The maximum Gasteiger partial charge on any atom is 0.191 e. The summed E-state index contributed by atoms with van der Waals surface area (Å²) in [6.07, 6.45) is 7.17. The Balaban J connectivity index is 0.00000240. The van der Waals surface area contributed by atoms with Gasteiger partial charge in [-0.15, -0.1) is 24.0 Å². The van der Waals surface area contributed by atoms with E-state index in [2.05, 4.69) is 38.6 Å². The highest BCUT2D eigenvalue weighted by Crippen LogP contribution is 2.24. The van der Waals surface area contributed by atoms with E-state index in [0.29, 0.717) is 19.0 Å². The Morgan fingerprint density at radius 1 is 1.14 bits per heavy atom. The number of halogens is 1. The van der Waals surface area contributed by atoms with Crippen molar-refractivity contribution in [2.45, 2.75) is 20.0 Å². The topological polar surface area (TPSA) is 80.3 Å². The normalized spacial score (nSPS) is 11.3. The summed E-state index contributed by atoms with van der Waals surface area (Å²) in [4.78, 5) is 12.8. The number of pyridine rings is 1. The molecular weight excluding hydrogens is 479 g/mol. The van der Waals surface area contributed by atoms with Crippen molar-refractivity contribution in [3.05, 3.63) is 78.2 Å². The molecule has 0 amide bonds. The SMILES string of the molecule is CN=C(NCc1ccc(-n2ccnc2)nc1)NCc1oc2ccccc2c1C.I. The molecule has 0 aliphatic rings.